The van der Waals surface area contributed by atoms with E-state index in [0.29, 0.717) is 30.2 Å². The van der Waals surface area contributed by atoms with Gasteiger partial charge in [-0.1, -0.05) is 53.7 Å². The molecule has 1 saturated heterocycles. The maximum absolute atomic E-state index is 13.6. The van der Waals surface area contributed by atoms with Crippen LogP contribution < -0.4 is 9.62 Å². The van der Waals surface area contributed by atoms with Crippen molar-refractivity contribution in [3.05, 3.63) is 52.7 Å². The van der Waals surface area contributed by atoms with Gasteiger partial charge in [0, 0.05) is 25.3 Å². The lowest BCUT2D eigenvalue weighted by atomic mass is 9.89. The highest BCUT2D eigenvalue weighted by atomic mass is 32.2. The zero-order valence-electron chi connectivity index (χ0n) is 20.6. The standard InChI is InChI=1S/C25H34F3N3O2S/c1-15(2)18-11-21(16(3)4)24(22(12-18)17(5)6)34(32,33)30-20-9-10-31(14-20)23-8-7-19(13-29-23)25(26,27)28/h7-8,11-13,15-17,20,30H,9-10,14H2,1-6H3. The highest BCUT2D eigenvalue weighted by molar-refractivity contribution is 7.89. The van der Waals surface area contributed by atoms with E-state index in [1.807, 2.05) is 44.7 Å². The second-order valence-electron chi connectivity index (χ2n) is 9.95. The lowest BCUT2D eigenvalue weighted by Crippen LogP contribution is -2.38. The van der Waals surface area contributed by atoms with Gasteiger partial charge in [0.2, 0.25) is 10.0 Å². The fourth-order valence-electron chi connectivity index (χ4n) is 4.28. The first-order valence-electron chi connectivity index (χ1n) is 11.7. The zero-order chi connectivity index (χ0) is 25.4. The van der Waals surface area contributed by atoms with Crippen molar-refractivity contribution in [2.24, 2.45) is 0 Å². The van der Waals surface area contributed by atoms with E-state index in [1.54, 1.807) is 0 Å². The van der Waals surface area contributed by atoms with Crippen LogP contribution in [0.2, 0.25) is 0 Å². The molecule has 2 aromatic rings. The summed E-state index contributed by atoms with van der Waals surface area (Å²) in [4.78, 5) is 6.11. The molecule has 1 fully saturated rings. The molecule has 2 heterocycles. The van der Waals surface area contributed by atoms with Gasteiger partial charge in [-0.05, 0) is 53.0 Å². The maximum Gasteiger partial charge on any atom is 0.417 e. The number of nitrogens with zero attached hydrogens (tertiary/aromatic N) is 2. The first-order valence-corrected chi connectivity index (χ1v) is 13.2. The number of alkyl halides is 3. The molecule has 34 heavy (non-hydrogen) atoms. The van der Waals surface area contributed by atoms with Crippen molar-refractivity contribution in [3.63, 3.8) is 0 Å². The molecule has 0 saturated carbocycles. The number of rotatable bonds is 7. The Bertz CT molecular complexity index is 1080. The second kappa shape index (κ2) is 9.85. The molecule has 5 nitrogen and oxygen atoms in total. The molecule has 0 aliphatic carbocycles. The van der Waals surface area contributed by atoms with Crippen LogP contribution in [0, 0.1) is 0 Å². The number of sulfonamides is 1. The molecule has 1 aromatic carbocycles. The third-order valence-electron chi connectivity index (χ3n) is 6.26. The molecule has 1 atom stereocenters. The van der Waals surface area contributed by atoms with E-state index in [2.05, 4.69) is 23.6 Å². The summed E-state index contributed by atoms with van der Waals surface area (Å²) in [6, 6.07) is 5.97. The Morgan fingerprint density at radius 3 is 2.03 bits per heavy atom. The molecule has 1 aliphatic heterocycles. The third kappa shape index (κ3) is 5.74. The molecule has 0 radical (unpaired) electrons. The summed E-state index contributed by atoms with van der Waals surface area (Å²) in [5.74, 6) is 0.736. The summed E-state index contributed by atoms with van der Waals surface area (Å²) in [5.41, 5.74) is 1.93. The molecule has 3 rings (SSSR count). The number of anilines is 1. The number of nitrogens with one attached hydrogen (secondary N) is 1. The number of benzene rings is 1. The Morgan fingerprint density at radius 1 is 1.00 bits per heavy atom. The minimum atomic E-state index is -4.44. The normalized spacial score (nSPS) is 17.4. The van der Waals surface area contributed by atoms with Crippen LogP contribution in [0.4, 0.5) is 19.0 Å². The van der Waals surface area contributed by atoms with E-state index in [-0.39, 0.29) is 23.8 Å². The fraction of sp³-hybridized carbons (Fsp3) is 0.560. The van der Waals surface area contributed by atoms with Crippen LogP contribution in [0.5, 0.6) is 0 Å². The number of pyridine rings is 1. The van der Waals surface area contributed by atoms with Crippen molar-refractivity contribution in [1.29, 1.82) is 0 Å². The average Bonchev–Trinajstić information content (AvgIpc) is 3.19. The smallest absolute Gasteiger partial charge is 0.355 e. The van der Waals surface area contributed by atoms with Crippen molar-refractivity contribution < 1.29 is 21.6 Å². The maximum atomic E-state index is 13.6. The lowest BCUT2D eigenvalue weighted by molar-refractivity contribution is -0.137. The lowest BCUT2D eigenvalue weighted by Gasteiger charge is -2.24. The van der Waals surface area contributed by atoms with Crippen LogP contribution in [0.3, 0.4) is 0 Å². The van der Waals surface area contributed by atoms with Crippen molar-refractivity contribution in [1.82, 2.24) is 9.71 Å². The van der Waals surface area contributed by atoms with Crippen LogP contribution >= 0.6 is 0 Å². The predicted octanol–water partition coefficient (Wildman–Crippen LogP) is 6.03. The van der Waals surface area contributed by atoms with Gasteiger partial charge in [-0.2, -0.15) is 13.2 Å². The van der Waals surface area contributed by atoms with E-state index in [0.717, 1.165) is 29.0 Å². The number of halogens is 3. The van der Waals surface area contributed by atoms with E-state index >= 15 is 0 Å². The van der Waals surface area contributed by atoms with Crippen LogP contribution in [-0.4, -0.2) is 32.5 Å². The van der Waals surface area contributed by atoms with Gasteiger partial charge in [0.15, 0.2) is 0 Å². The monoisotopic (exact) mass is 497 g/mol. The van der Waals surface area contributed by atoms with Crippen molar-refractivity contribution in [3.8, 4) is 0 Å². The summed E-state index contributed by atoms with van der Waals surface area (Å²) in [6.45, 7) is 13.0. The summed E-state index contributed by atoms with van der Waals surface area (Å²) in [6.07, 6.45) is -3.09. The second-order valence-corrected chi connectivity index (χ2v) is 11.6. The van der Waals surface area contributed by atoms with Crippen LogP contribution in [0.1, 0.15) is 88.0 Å². The molecule has 0 amide bonds. The topological polar surface area (TPSA) is 62.3 Å². The molecule has 188 valence electrons. The third-order valence-corrected chi connectivity index (χ3v) is 7.91. The molecule has 0 spiro atoms. The van der Waals surface area contributed by atoms with Gasteiger partial charge in [0.1, 0.15) is 5.82 Å². The molecule has 1 N–H and O–H groups in total. The minimum Gasteiger partial charge on any atom is -0.355 e. The van der Waals surface area contributed by atoms with E-state index in [9.17, 15) is 21.6 Å². The quantitative estimate of drug-likeness (QED) is 0.508. The Hall–Kier alpha value is -2.13. The number of hydrogen-bond donors (Lipinski definition) is 1. The van der Waals surface area contributed by atoms with Crippen LogP contribution in [0.25, 0.3) is 0 Å². The van der Waals surface area contributed by atoms with Crippen molar-refractivity contribution in [2.45, 2.75) is 82.8 Å². The van der Waals surface area contributed by atoms with Gasteiger partial charge in [-0.3, -0.25) is 0 Å². The summed E-state index contributed by atoms with van der Waals surface area (Å²) < 4.78 is 68.6. The van der Waals surface area contributed by atoms with Gasteiger partial charge in [-0.25, -0.2) is 18.1 Å². The van der Waals surface area contributed by atoms with Gasteiger partial charge in [0.25, 0.3) is 0 Å². The number of aromatic nitrogens is 1. The average molecular weight is 498 g/mol. The highest BCUT2D eigenvalue weighted by Gasteiger charge is 2.34. The molecule has 1 aromatic heterocycles. The van der Waals surface area contributed by atoms with Crippen LogP contribution in [0.15, 0.2) is 35.4 Å². The van der Waals surface area contributed by atoms with Gasteiger partial charge in [0.05, 0.1) is 10.5 Å². The summed E-state index contributed by atoms with van der Waals surface area (Å²) >= 11 is 0. The Balaban J connectivity index is 1.87. The minimum absolute atomic E-state index is 0.0270. The van der Waals surface area contributed by atoms with Gasteiger partial charge >= 0.3 is 6.18 Å². The van der Waals surface area contributed by atoms with Crippen molar-refractivity contribution >= 4 is 15.8 Å². The Kier molecular flexibility index (Phi) is 7.67. The number of hydrogen-bond acceptors (Lipinski definition) is 4. The summed E-state index contributed by atoms with van der Waals surface area (Å²) in [7, 11) is -3.82. The molecule has 1 unspecified atom stereocenters. The molecular formula is C25H34F3N3O2S. The largest absolute Gasteiger partial charge is 0.417 e. The van der Waals surface area contributed by atoms with Gasteiger partial charge < -0.3 is 4.90 Å². The molecular weight excluding hydrogens is 463 g/mol. The molecule has 1 aliphatic rings. The summed E-state index contributed by atoms with van der Waals surface area (Å²) in [5, 5.41) is 0. The zero-order valence-corrected chi connectivity index (χ0v) is 21.4. The first-order chi connectivity index (χ1) is 15.7. The Morgan fingerprint density at radius 2 is 1.59 bits per heavy atom. The molecule has 0 bridgehead atoms. The van der Waals surface area contributed by atoms with E-state index in [4.69, 9.17) is 0 Å². The highest BCUT2D eigenvalue weighted by Crippen LogP contribution is 2.35. The fourth-order valence-corrected chi connectivity index (χ4v) is 6.24. The van der Waals surface area contributed by atoms with Crippen molar-refractivity contribution in [2.75, 3.05) is 18.0 Å². The predicted molar refractivity (Wildman–Crippen MR) is 129 cm³/mol. The SMILES string of the molecule is CC(C)c1cc(C(C)C)c(S(=O)(=O)NC2CCN(c3ccc(C(F)(F)F)cn3)C2)c(C(C)C)c1. The first kappa shape index (κ1) is 26.5. The Labute approximate surface area is 200 Å². The van der Waals surface area contributed by atoms with E-state index < -0.39 is 21.8 Å². The van der Waals surface area contributed by atoms with E-state index in [1.165, 1.54) is 6.07 Å². The molecule has 9 heteroatoms. The van der Waals surface area contributed by atoms with Gasteiger partial charge in [-0.15, -0.1) is 0 Å². The van der Waals surface area contributed by atoms with Crippen LogP contribution in [-0.2, 0) is 16.2 Å².